The number of nitrogens with zero attached hydrogens (tertiary/aromatic N) is 3. The van der Waals surface area contributed by atoms with Crippen molar-refractivity contribution in [3.63, 3.8) is 0 Å². The second-order valence-electron chi connectivity index (χ2n) is 3.02. The summed E-state index contributed by atoms with van der Waals surface area (Å²) in [6.45, 7) is 0.224. The lowest BCUT2D eigenvalue weighted by Crippen LogP contribution is -2.10. The highest BCUT2D eigenvalue weighted by atomic mass is 79.9. The van der Waals surface area contributed by atoms with E-state index in [1.54, 1.807) is 12.1 Å². The number of halogens is 1. The first-order valence-corrected chi connectivity index (χ1v) is 5.16. The van der Waals surface area contributed by atoms with Gasteiger partial charge in [-0.25, -0.2) is 9.67 Å². The highest BCUT2D eigenvalue weighted by Crippen LogP contribution is 2.11. The van der Waals surface area contributed by atoms with Gasteiger partial charge in [0, 0.05) is 10.0 Å². The molecule has 0 saturated carbocycles. The monoisotopic (exact) mass is 265 g/mol. The Kier molecular flexibility index (Phi) is 2.91. The molecule has 0 atom stereocenters. The molecule has 0 bridgehead atoms. The minimum Gasteiger partial charge on any atom is -0.292 e. The highest BCUT2D eigenvalue weighted by Gasteiger charge is 2.06. The van der Waals surface area contributed by atoms with Gasteiger partial charge in [0.05, 0.1) is 0 Å². The van der Waals surface area contributed by atoms with E-state index in [4.69, 9.17) is 0 Å². The van der Waals surface area contributed by atoms with E-state index in [0.29, 0.717) is 5.56 Å². The van der Waals surface area contributed by atoms with Gasteiger partial charge in [0.2, 0.25) is 0 Å². The third-order valence-corrected chi connectivity index (χ3v) is 2.47. The van der Waals surface area contributed by atoms with Crippen LogP contribution in [0.15, 0.2) is 41.4 Å². The first kappa shape index (κ1) is 10.0. The van der Waals surface area contributed by atoms with E-state index in [1.807, 2.05) is 12.1 Å². The molecule has 0 aliphatic rings. The molecule has 0 aliphatic carbocycles. The van der Waals surface area contributed by atoms with Gasteiger partial charge >= 0.3 is 0 Å². The van der Waals surface area contributed by atoms with E-state index < -0.39 is 0 Å². The van der Waals surface area contributed by atoms with Gasteiger partial charge in [-0.2, -0.15) is 5.10 Å². The summed E-state index contributed by atoms with van der Waals surface area (Å²) in [5, 5.41) is 3.87. The van der Waals surface area contributed by atoms with Gasteiger partial charge in [0.15, 0.2) is 5.78 Å². The first-order chi connectivity index (χ1) is 7.25. The van der Waals surface area contributed by atoms with Crippen molar-refractivity contribution < 1.29 is 4.79 Å². The van der Waals surface area contributed by atoms with Crippen LogP contribution in [0.3, 0.4) is 0 Å². The van der Waals surface area contributed by atoms with Crippen LogP contribution in [0.4, 0.5) is 0 Å². The van der Waals surface area contributed by atoms with Crippen molar-refractivity contribution in [3.8, 4) is 0 Å². The topological polar surface area (TPSA) is 47.8 Å². The quantitative estimate of drug-likeness (QED) is 0.797. The number of ketones is 1. The molecule has 2 aromatic rings. The average Bonchev–Trinajstić information content (AvgIpc) is 2.71. The van der Waals surface area contributed by atoms with E-state index >= 15 is 0 Å². The summed E-state index contributed by atoms with van der Waals surface area (Å²) in [7, 11) is 0. The lowest BCUT2D eigenvalue weighted by molar-refractivity contribution is 0.0967. The summed E-state index contributed by atoms with van der Waals surface area (Å²) in [5.74, 6) is 0.0213. The van der Waals surface area contributed by atoms with Crippen molar-refractivity contribution in [2.45, 2.75) is 6.54 Å². The number of Topliss-reactive ketones (excluding diaryl/α,β-unsaturated/α-hetero) is 1. The molecule has 76 valence electrons. The molecule has 5 heteroatoms. The van der Waals surface area contributed by atoms with Crippen LogP contribution in [-0.4, -0.2) is 20.5 Å². The number of carbonyl (C=O) groups excluding carboxylic acids is 1. The zero-order valence-corrected chi connectivity index (χ0v) is 9.39. The fourth-order valence-corrected chi connectivity index (χ4v) is 1.45. The van der Waals surface area contributed by atoms with E-state index in [-0.39, 0.29) is 12.3 Å². The average molecular weight is 266 g/mol. The molecule has 2 rings (SSSR count). The third-order valence-electron chi connectivity index (χ3n) is 1.94. The summed E-state index contributed by atoms with van der Waals surface area (Å²) in [5.41, 5.74) is 0.675. The molecule has 0 N–H and O–H groups in total. The molecular weight excluding hydrogens is 258 g/mol. The summed E-state index contributed by atoms with van der Waals surface area (Å²) in [6, 6.07) is 7.25. The summed E-state index contributed by atoms with van der Waals surface area (Å²) >= 11 is 3.32. The van der Waals surface area contributed by atoms with Crippen LogP contribution in [0.25, 0.3) is 0 Å². The van der Waals surface area contributed by atoms with Crippen LogP contribution in [0.1, 0.15) is 10.4 Å². The largest absolute Gasteiger partial charge is 0.292 e. The molecule has 0 saturated heterocycles. The fourth-order valence-electron chi connectivity index (χ4n) is 1.19. The van der Waals surface area contributed by atoms with Gasteiger partial charge in [-0.05, 0) is 12.1 Å². The molecule has 15 heavy (non-hydrogen) atoms. The molecule has 1 aromatic carbocycles. The summed E-state index contributed by atoms with van der Waals surface area (Å²) in [4.78, 5) is 15.5. The lowest BCUT2D eigenvalue weighted by atomic mass is 10.1. The Bertz CT molecular complexity index is 450. The summed E-state index contributed by atoms with van der Waals surface area (Å²) in [6.07, 6.45) is 2.94. The predicted octanol–water partition coefficient (Wildman–Crippen LogP) is 1.92. The molecule has 0 fully saturated rings. The van der Waals surface area contributed by atoms with Crippen molar-refractivity contribution >= 4 is 21.7 Å². The molecule has 1 aromatic heterocycles. The Balaban J connectivity index is 2.11. The van der Waals surface area contributed by atoms with Crippen molar-refractivity contribution in [2.24, 2.45) is 0 Å². The predicted molar refractivity (Wildman–Crippen MR) is 58.5 cm³/mol. The number of hydrogen-bond acceptors (Lipinski definition) is 3. The van der Waals surface area contributed by atoms with Crippen LogP contribution >= 0.6 is 15.9 Å². The second-order valence-corrected chi connectivity index (χ2v) is 3.94. The molecule has 0 amide bonds. The van der Waals surface area contributed by atoms with E-state index in [2.05, 4.69) is 26.0 Å². The number of rotatable bonds is 3. The van der Waals surface area contributed by atoms with Crippen molar-refractivity contribution in [2.75, 3.05) is 0 Å². The van der Waals surface area contributed by atoms with Crippen molar-refractivity contribution in [1.82, 2.24) is 14.8 Å². The van der Waals surface area contributed by atoms with Crippen LogP contribution in [0.5, 0.6) is 0 Å². The second kappa shape index (κ2) is 4.35. The van der Waals surface area contributed by atoms with Gasteiger partial charge in [-0.15, -0.1) is 0 Å². The Morgan fingerprint density at radius 3 is 2.67 bits per heavy atom. The number of carbonyl (C=O) groups is 1. The van der Waals surface area contributed by atoms with Gasteiger partial charge in [-0.3, -0.25) is 4.79 Å². The molecule has 4 nitrogen and oxygen atoms in total. The smallest absolute Gasteiger partial charge is 0.184 e. The Hall–Kier alpha value is -1.49. The lowest BCUT2D eigenvalue weighted by Gasteiger charge is -2.00. The Morgan fingerprint density at radius 2 is 2.07 bits per heavy atom. The van der Waals surface area contributed by atoms with Gasteiger partial charge in [-0.1, -0.05) is 28.1 Å². The maximum atomic E-state index is 11.7. The Labute approximate surface area is 95.1 Å². The standard InChI is InChI=1S/C10H8BrN3O/c11-9-3-1-8(2-4-9)10(15)5-14-7-12-6-13-14/h1-4,6-7H,5H2. The Morgan fingerprint density at radius 1 is 1.33 bits per heavy atom. The van der Waals surface area contributed by atoms with E-state index in [0.717, 1.165) is 4.47 Å². The van der Waals surface area contributed by atoms with Gasteiger partial charge < -0.3 is 0 Å². The van der Waals surface area contributed by atoms with Gasteiger partial charge in [0.25, 0.3) is 0 Å². The normalized spacial score (nSPS) is 10.2. The van der Waals surface area contributed by atoms with Crippen LogP contribution in [0.2, 0.25) is 0 Å². The van der Waals surface area contributed by atoms with Crippen molar-refractivity contribution in [3.05, 3.63) is 47.0 Å². The highest BCUT2D eigenvalue weighted by molar-refractivity contribution is 9.10. The maximum Gasteiger partial charge on any atom is 0.184 e. The molecular formula is C10H8BrN3O. The molecule has 0 unspecified atom stereocenters. The summed E-state index contributed by atoms with van der Waals surface area (Å²) < 4.78 is 2.46. The minimum atomic E-state index is 0.0213. The van der Waals surface area contributed by atoms with Crippen LogP contribution in [0, 0.1) is 0 Å². The number of hydrogen-bond donors (Lipinski definition) is 0. The first-order valence-electron chi connectivity index (χ1n) is 4.37. The maximum absolute atomic E-state index is 11.7. The van der Waals surface area contributed by atoms with Gasteiger partial charge in [0.1, 0.15) is 19.2 Å². The number of benzene rings is 1. The van der Waals surface area contributed by atoms with Crippen molar-refractivity contribution in [1.29, 1.82) is 0 Å². The number of aromatic nitrogens is 3. The zero-order valence-electron chi connectivity index (χ0n) is 7.80. The molecule has 0 spiro atoms. The van der Waals surface area contributed by atoms with Crippen LogP contribution in [-0.2, 0) is 6.54 Å². The SMILES string of the molecule is O=C(Cn1cncn1)c1ccc(Br)cc1. The zero-order chi connectivity index (χ0) is 10.7. The molecule has 1 heterocycles. The molecule has 0 aliphatic heterocycles. The van der Waals surface area contributed by atoms with Crippen LogP contribution < -0.4 is 0 Å². The fraction of sp³-hybridized carbons (Fsp3) is 0.100. The molecule has 0 radical (unpaired) electrons. The van der Waals surface area contributed by atoms with E-state index in [1.165, 1.54) is 17.3 Å². The third kappa shape index (κ3) is 2.50. The minimum absolute atomic E-state index is 0.0213. The van der Waals surface area contributed by atoms with E-state index in [9.17, 15) is 4.79 Å².